The third kappa shape index (κ3) is 2.36. The van der Waals surface area contributed by atoms with Gasteiger partial charge in [-0.2, -0.15) is 0 Å². The molecule has 3 N–H and O–H groups in total. The van der Waals surface area contributed by atoms with Crippen LogP contribution in [-0.4, -0.2) is 11.1 Å². The number of ether oxygens (including phenoxy) is 1. The molecule has 0 aliphatic carbocycles. The Morgan fingerprint density at radius 3 is 2.41 bits per heavy atom. The van der Waals surface area contributed by atoms with Crippen molar-refractivity contribution in [1.29, 1.82) is 0 Å². The molecule has 0 radical (unpaired) electrons. The predicted molar refractivity (Wildman–Crippen MR) is 64.3 cm³/mol. The number of carboxylic acid groups (broad SMARTS) is 1. The molecule has 86 valence electrons. The van der Waals surface area contributed by atoms with Crippen LogP contribution in [0.2, 0.25) is 0 Å². The highest BCUT2D eigenvalue weighted by Gasteiger charge is 2.12. The Kier molecular flexibility index (Phi) is 2.96. The minimum atomic E-state index is -1.07. The largest absolute Gasteiger partial charge is 0.478 e. The summed E-state index contributed by atoms with van der Waals surface area (Å²) in [6, 6.07) is 13.7. The number of aromatic carboxylic acids is 1. The summed E-state index contributed by atoms with van der Waals surface area (Å²) in [6.07, 6.45) is 0. The van der Waals surface area contributed by atoms with Crippen LogP contribution in [0, 0.1) is 0 Å². The summed E-state index contributed by atoms with van der Waals surface area (Å²) in [7, 11) is 0. The van der Waals surface area contributed by atoms with Crippen molar-refractivity contribution < 1.29 is 14.6 Å². The van der Waals surface area contributed by atoms with Crippen LogP contribution in [0.15, 0.2) is 48.5 Å². The fourth-order valence-electron chi connectivity index (χ4n) is 1.44. The fourth-order valence-corrected chi connectivity index (χ4v) is 1.44. The van der Waals surface area contributed by atoms with E-state index in [4.69, 9.17) is 15.6 Å². The zero-order valence-electron chi connectivity index (χ0n) is 8.96. The number of anilines is 1. The molecule has 0 bridgehead atoms. The van der Waals surface area contributed by atoms with E-state index in [2.05, 4.69) is 0 Å². The van der Waals surface area contributed by atoms with Crippen molar-refractivity contribution in [3.05, 3.63) is 54.1 Å². The van der Waals surface area contributed by atoms with Gasteiger partial charge in [0.2, 0.25) is 0 Å². The zero-order chi connectivity index (χ0) is 12.3. The van der Waals surface area contributed by atoms with E-state index < -0.39 is 5.97 Å². The molecule has 4 nitrogen and oxygen atoms in total. The fraction of sp³-hybridized carbons (Fsp3) is 0. The minimum absolute atomic E-state index is 0.0402. The highest BCUT2D eigenvalue weighted by Crippen LogP contribution is 2.29. The highest BCUT2D eigenvalue weighted by atomic mass is 16.5. The molecule has 0 saturated heterocycles. The van der Waals surface area contributed by atoms with Crippen molar-refractivity contribution in [2.75, 3.05) is 5.73 Å². The summed E-state index contributed by atoms with van der Waals surface area (Å²) in [4.78, 5) is 10.9. The van der Waals surface area contributed by atoms with Crippen LogP contribution in [0.25, 0.3) is 0 Å². The van der Waals surface area contributed by atoms with Gasteiger partial charge in [-0.25, -0.2) is 4.79 Å². The van der Waals surface area contributed by atoms with Gasteiger partial charge in [0.1, 0.15) is 5.75 Å². The van der Waals surface area contributed by atoms with E-state index in [-0.39, 0.29) is 11.3 Å². The number of hydrogen-bond donors (Lipinski definition) is 2. The summed E-state index contributed by atoms with van der Waals surface area (Å²) in [5.74, 6) is -0.112. The van der Waals surface area contributed by atoms with Crippen LogP contribution in [-0.2, 0) is 0 Å². The lowest BCUT2D eigenvalue weighted by atomic mass is 10.1. The molecule has 17 heavy (non-hydrogen) atoms. The van der Waals surface area contributed by atoms with Gasteiger partial charge < -0.3 is 15.6 Å². The smallest absolute Gasteiger partial charge is 0.337 e. The molecule has 2 aromatic rings. The van der Waals surface area contributed by atoms with Crippen LogP contribution in [0.1, 0.15) is 10.4 Å². The predicted octanol–water partition coefficient (Wildman–Crippen LogP) is 2.76. The highest BCUT2D eigenvalue weighted by molar-refractivity contribution is 5.95. The molecular weight excluding hydrogens is 218 g/mol. The number of hydrogen-bond acceptors (Lipinski definition) is 3. The van der Waals surface area contributed by atoms with E-state index >= 15 is 0 Å². The van der Waals surface area contributed by atoms with Crippen molar-refractivity contribution in [2.45, 2.75) is 0 Å². The number of nitrogens with two attached hydrogens (primary N) is 1. The second-order valence-electron chi connectivity index (χ2n) is 3.44. The number of carbonyl (C=O) groups is 1. The molecule has 2 rings (SSSR count). The summed E-state index contributed by atoms with van der Waals surface area (Å²) in [6.45, 7) is 0. The molecule has 0 fully saturated rings. The van der Waals surface area contributed by atoms with Gasteiger partial charge in [-0.3, -0.25) is 0 Å². The van der Waals surface area contributed by atoms with Gasteiger partial charge in [-0.1, -0.05) is 24.3 Å². The van der Waals surface area contributed by atoms with Gasteiger partial charge in [0.15, 0.2) is 5.75 Å². The number of rotatable bonds is 3. The van der Waals surface area contributed by atoms with E-state index in [9.17, 15) is 4.79 Å². The lowest BCUT2D eigenvalue weighted by molar-refractivity contribution is 0.0698. The molecule has 0 atom stereocenters. The average Bonchev–Trinajstić information content (AvgIpc) is 2.33. The van der Waals surface area contributed by atoms with Gasteiger partial charge in [0.25, 0.3) is 0 Å². The molecule has 0 spiro atoms. The first-order chi connectivity index (χ1) is 8.18. The van der Waals surface area contributed by atoms with Crippen LogP contribution < -0.4 is 10.5 Å². The number of carboxylic acids is 1. The van der Waals surface area contributed by atoms with Crippen molar-refractivity contribution >= 4 is 11.7 Å². The first-order valence-corrected chi connectivity index (χ1v) is 5.03. The molecule has 0 amide bonds. The second-order valence-corrected chi connectivity index (χ2v) is 3.44. The maximum absolute atomic E-state index is 10.9. The van der Waals surface area contributed by atoms with Gasteiger partial charge in [-0.15, -0.1) is 0 Å². The van der Waals surface area contributed by atoms with Crippen LogP contribution >= 0.6 is 0 Å². The standard InChI is InChI=1S/C13H11NO3/c14-12-10(13(15)16)7-4-8-11(12)17-9-5-2-1-3-6-9/h1-8H,14H2,(H,15,16). The Balaban J connectivity index is 2.34. The molecule has 0 aliphatic rings. The molecule has 0 heterocycles. The van der Waals surface area contributed by atoms with E-state index in [0.29, 0.717) is 11.5 Å². The topological polar surface area (TPSA) is 72.5 Å². The van der Waals surface area contributed by atoms with Crippen LogP contribution in [0.4, 0.5) is 5.69 Å². The second kappa shape index (κ2) is 4.57. The van der Waals surface area contributed by atoms with E-state index in [1.807, 2.05) is 18.2 Å². The minimum Gasteiger partial charge on any atom is -0.478 e. The summed E-state index contributed by atoms with van der Waals surface area (Å²) >= 11 is 0. The maximum atomic E-state index is 10.9. The van der Waals surface area contributed by atoms with Gasteiger partial charge >= 0.3 is 5.97 Å². The Bertz CT molecular complexity index is 538. The number of benzene rings is 2. The van der Waals surface area contributed by atoms with Crippen molar-refractivity contribution in [1.82, 2.24) is 0 Å². The zero-order valence-corrected chi connectivity index (χ0v) is 8.96. The summed E-state index contributed by atoms with van der Waals surface area (Å²) in [5.41, 5.74) is 5.90. The Morgan fingerprint density at radius 1 is 1.06 bits per heavy atom. The Morgan fingerprint density at radius 2 is 1.76 bits per heavy atom. The Hall–Kier alpha value is -2.49. The summed E-state index contributed by atoms with van der Waals surface area (Å²) < 4.78 is 5.51. The number of para-hydroxylation sites is 2. The normalized spacial score (nSPS) is 9.88. The third-order valence-corrected chi connectivity index (χ3v) is 2.27. The first kappa shape index (κ1) is 11.0. The molecule has 0 aromatic heterocycles. The summed E-state index contributed by atoms with van der Waals surface area (Å²) in [5, 5.41) is 8.92. The monoisotopic (exact) mass is 229 g/mol. The molecule has 2 aromatic carbocycles. The average molecular weight is 229 g/mol. The maximum Gasteiger partial charge on any atom is 0.337 e. The van der Waals surface area contributed by atoms with Crippen LogP contribution in [0.5, 0.6) is 11.5 Å². The van der Waals surface area contributed by atoms with Gasteiger partial charge in [0, 0.05) is 0 Å². The quantitative estimate of drug-likeness (QED) is 0.794. The molecule has 0 saturated carbocycles. The molecule has 0 unspecified atom stereocenters. The van der Waals surface area contributed by atoms with E-state index in [0.717, 1.165) is 0 Å². The third-order valence-electron chi connectivity index (χ3n) is 2.27. The molecule has 0 aliphatic heterocycles. The van der Waals surface area contributed by atoms with Gasteiger partial charge in [0.05, 0.1) is 11.3 Å². The van der Waals surface area contributed by atoms with Crippen molar-refractivity contribution in [2.24, 2.45) is 0 Å². The van der Waals surface area contributed by atoms with E-state index in [1.54, 1.807) is 24.3 Å². The molecule has 4 heteroatoms. The van der Waals surface area contributed by atoms with Gasteiger partial charge in [-0.05, 0) is 24.3 Å². The lowest BCUT2D eigenvalue weighted by Crippen LogP contribution is -2.03. The van der Waals surface area contributed by atoms with Crippen molar-refractivity contribution in [3.8, 4) is 11.5 Å². The van der Waals surface area contributed by atoms with E-state index in [1.165, 1.54) is 6.07 Å². The SMILES string of the molecule is Nc1c(Oc2ccccc2)cccc1C(=O)O. The molecular formula is C13H11NO3. The Labute approximate surface area is 98.3 Å². The van der Waals surface area contributed by atoms with Crippen molar-refractivity contribution in [3.63, 3.8) is 0 Å². The number of nitrogen functional groups attached to an aromatic ring is 1. The van der Waals surface area contributed by atoms with Crippen LogP contribution in [0.3, 0.4) is 0 Å². The first-order valence-electron chi connectivity index (χ1n) is 5.03. The lowest BCUT2D eigenvalue weighted by Gasteiger charge is -2.09.